The number of rotatable bonds is 4. The monoisotopic (exact) mass is 408 g/mol. The summed E-state index contributed by atoms with van der Waals surface area (Å²) in [6.45, 7) is 7.17. The predicted molar refractivity (Wildman–Crippen MR) is 96.7 cm³/mol. The fourth-order valence-corrected chi connectivity index (χ4v) is 3.18. The van der Waals surface area contributed by atoms with Crippen LogP contribution >= 0.6 is 0 Å². The Kier molecular flexibility index (Phi) is 4.38. The third-order valence-corrected chi connectivity index (χ3v) is 4.26. The lowest BCUT2D eigenvalue weighted by molar-refractivity contribution is -0.395. The van der Waals surface area contributed by atoms with E-state index < -0.39 is 64.8 Å². The van der Waals surface area contributed by atoms with Crippen LogP contribution in [-0.2, 0) is 0 Å². The maximum Gasteiger partial charge on any atom is 0.284 e. The van der Waals surface area contributed by atoms with Crippen molar-refractivity contribution in [3.05, 3.63) is 93.0 Å². The summed E-state index contributed by atoms with van der Waals surface area (Å²) < 4.78 is 0. The van der Waals surface area contributed by atoms with Gasteiger partial charge in [0.2, 0.25) is 0 Å². The minimum absolute atomic E-state index is 0.345. The van der Waals surface area contributed by atoms with Gasteiger partial charge >= 0.3 is 0 Å². The lowest BCUT2D eigenvalue weighted by Crippen LogP contribution is -1.99. The first-order valence-electron chi connectivity index (χ1n) is 7.59. The molecular weight excluding hydrogens is 404 g/mol. The number of hydrogen-bond donors (Lipinski definition) is 0. The quantitative estimate of drug-likeness (QED) is 0.268. The molecule has 14 nitrogen and oxygen atoms in total. The molecule has 146 valence electrons. The van der Waals surface area contributed by atoms with Crippen molar-refractivity contribution in [3.63, 3.8) is 0 Å². The van der Waals surface area contributed by atoms with Gasteiger partial charge in [-0.2, -0.15) is 0 Å². The molecule has 0 atom stereocenters. The number of hydrogen-bond acceptors (Lipinski definition) is 9. The second-order valence-corrected chi connectivity index (χ2v) is 5.75. The van der Waals surface area contributed by atoms with Gasteiger partial charge in [-0.05, 0) is 11.1 Å². The lowest BCUT2D eigenvalue weighted by atomic mass is 10.0. The second-order valence-electron chi connectivity index (χ2n) is 5.75. The van der Waals surface area contributed by atoms with E-state index in [1.807, 2.05) is 0 Å². The zero-order valence-electron chi connectivity index (χ0n) is 14.3. The predicted octanol–water partition coefficient (Wildman–Crippen LogP) is 3.50. The molecule has 0 unspecified atom stereocenters. The van der Waals surface area contributed by atoms with Crippen LogP contribution in [0.1, 0.15) is 11.1 Å². The van der Waals surface area contributed by atoms with Crippen LogP contribution in [0.15, 0.2) is 30.0 Å². The maximum absolute atomic E-state index is 11.6. The average Bonchev–Trinajstić information content (AvgIpc) is 3.01. The summed E-state index contributed by atoms with van der Waals surface area (Å²) in [5.41, 5.74) is -5.93. The van der Waals surface area contributed by atoms with Crippen LogP contribution < -0.4 is 0 Å². The third kappa shape index (κ3) is 2.74. The standard InChI is InChI=1S/C16H4N6O8/c1-18-11(6-17)14-9-2-7(19(23)24)4-12(21(27)28)15(9)16-10(14)3-8(20(25)26)5-13(16)22(29)30/h2-5H. The zero-order chi connectivity index (χ0) is 22.3. The molecule has 2 aromatic carbocycles. The summed E-state index contributed by atoms with van der Waals surface area (Å²) in [5, 5.41) is 54.9. The van der Waals surface area contributed by atoms with Crippen LogP contribution in [0.5, 0.6) is 0 Å². The molecule has 0 amide bonds. The molecule has 14 heteroatoms. The molecular formula is C16H4N6O8. The van der Waals surface area contributed by atoms with Gasteiger partial charge in [-0.1, -0.05) is 0 Å². The van der Waals surface area contributed by atoms with E-state index in [0.717, 1.165) is 12.1 Å². The molecule has 0 bridgehead atoms. The van der Waals surface area contributed by atoms with E-state index in [2.05, 4.69) is 4.85 Å². The maximum atomic E-state index is 11.6. The highest BCUT2D eigenvalue weighted by Gasteiger charge is 2.41. The Labute approximate surface area is 164 Å². The Morgan fingerprint density at radius 2 is 1.20 bits per heavy atom. The van der Waals surface area contributed by atoms with Crippen molar-refractivity contribution < 1.29 is 19.7 Å². The largest absolute Gasteiger partial charge is 0.284 e. The molecule has 1 aliphatic carbocycles. The molecule has 0 fully saturated rings. The molecule has 0 N–H and O–H groups in total. The van der Waals surface area contributed by atoms with Crippen molar-refractivity contribution in [2.75, 3.05) is 0 Å². The van der Waals surface area contributed by atoms with E-state index in [0.29, 0.717) is 12.1 Å². The van der Waals surface area contributed by atoms with Crippen molar-refractivity contribution in [1.29, 1.82) is 5.26 Å². The molecule has 3 rings (SSSR count). The Morgan fingerprint density at radius 1 is 0.800 bits per heavy atom. The van der Waals surface area contributed by atoms with Crippen molar-refractivity contribution in [2.45, 2.75) is 0 Å². The van der Waals surface area contributed by atoms with Crippen LogP contribution in [0.3, 0.4) is 0 Å². The summed E-state index contributed by atoms with van der Waals surface area (Å²) in [5.74, 6) is 0. The van der Waals surface area contributed by atoms with E-state index >= 15 is 0 Å². The number of allylic oxidation sites excluding steroid dienone is 1. The SMILES string of the molecule is [C-]#[N+]C(C#N)=C1c2cc([N+](=O)[O-])cc([N+](=O)[O-])c2-c2c1cc([N+](=O)[O-])cc2[N+](=O)[O-]. The van der Waals surface area contributed by atoms with Crippen molar-refractivity contribution in [2.24, 2.45) is 0 Å². The van der Waals surface area contributed by atoms with Crippen molar-refractivity contribution in [3.8, 4) is 17.2 Å². The molecule has 0 radical (unpaired) electrons. The van der Waals surface area contributed by atoms with E-state index in [1.54, 1.807) is 0 Å². The number of non-ortho nitro benzene ring substituents is 2. The Hall–Kier alpha value is -5.24. The Morgan fingerprint density at radius 3 is 1.47 bits per heavy atom. The molecule has 0 saturated carbocycles. The summed E-state index contributed by atoms with van der Waals surface area (Å²) in [6, 6.07) is 4.34. The molecule has 1 aliphatic rings. The number of nitro groups is 4. The van der Waals surface area contributed by atoms with Gasteiger partial charge in [0.15, 0.2) is 0 Å². The number of fused-ring (bicyclic) bond motifs is 3. The summed E-state index contributed by atoms with van der Waals surface area (Å²) in [7, 11) is 0. The lowest BCUT2D eigenvalue weighted by Gasteiger charge is -2.04. The van der Waals surface area contributed by atoms with Crippen LogP contribution in [0, 0.1) is 58.4 Å². The van der Waals surface area contributed by atoms with E-state index in [4.69, 9.17) is 6.57 Å². The van der Waals surface area contributed by atoms with Gasteiger partial charge in [0.25, 0.3) is 28.4 Å². The summed E-state index contributed by atoms with van der Waals surface area (Å²) >= 11 is 0. The van der Waals surface area contributed by atoms with Crippen LogP contribution in [0.25, 0.3) is 21.5 Å². The topological polar surface area (TPSA) is 201 Å². The fourth-order valence-electron chi connectivity index (χ4n) is 3.18. The highest BCUT2D eigenvalue weighted by Crippen LogP contribution is 2.55. The van der Waals surface area contributed by atoms with Gasteiger partial charge in [-0.25, -0.2) is 10.1 Å². The average molecular weight is 408 g/mol. The van der Waals surface area contributed by atoms with E-state index in [-0.39, 0.29) is 11.1 Å². The Bertz CT molecular complexity index is 1230. The van der Waals surface area contributed by atoms with Crippen LogP contribution in [0.2, 0.25) is 0 Å². The number of benzene rings is 2. The third-order valence-electron chi connectivity index (χ3n) is 4.26. The fraction of sp³-hybridized carbons (Fsp3) is 0. The smallest absolute Gasteiger partial charge is 0.258 e. The molecule has 0 heterocycles. The van der Waals surface area contributed by atoms with Gasteiger partial charge in [0.1, 0.15) is 0 Å². The van der Waals surface area contributed by atoms with Gasteiger partial charge in [0.05, 0.1) is 55.6 Å². The van der Waals surface area contributed by atoms with Gasteiger partial charge in [-0.15, -0.1) is 0 Å². The van der Waals surface area contributed by atoms with Crippen LogP contribution in [0.4, 0.5) is 22.7 Å². The number of nitrogens with zero attached hydrogens (tertiary/aromatic N) is 6. The number of nitro benzene ring substituents is 4. The first-order chi connectivity index (χ1) is 14.1. The summed E-state index contributed by atoms with van der Waals surface area (Å²) in [4.78, 5) is 44.7. The molecule has 0 aromatic heterocycles. The Balaban J connectivity index is 2.67. The normalized spacial score (nSPS) is 10.9. The highest BCUT2D eigenvalue weighted by atomic mass is 16.6. The molecule has 0 aliphatic heterocycles. The van der Waals surface area contributed by atoms with E-state index in [9.17, 15) is 45.7 Å². The first kappa shape index (κ1) is 19.5. The minimum atomic E-state index is -1.01. The van der Waals surface area contributed by atoms with Crippen molar-refractivity contribution in [1.82, 2.24) is 0 Å². The van der Waals surface area contributed by atoms with Crippen LogP contribution in [-0.4, -0.2) is 19.7 Å². The zero-order valence-corrected chi connectivity index (χ0v) is 14.3. The molecule has 30 heavy (non-hydrogen) atoms. The minimum Gasteiger partial charge on any atom is -0.258 e. The van der Waals surface area contributed by atoms with Gasteiger partial charge in [-0.3, -0.25) is 40.5 Å². The molecule has 2 aromatic rings. The second kappa shape index (κ2) is 6.73. The van der Waals surface area contributed by atoms with Gasteiger partial charge < -0.3 is 0 Å². The molecule has 0 spiro atoms. The molecule has 0 saturated heterocycles. The van der Waals surface area contributed by atoms with Gasteiger partial charge in [0, 0.05) is 17.7 Å². The first-order valence-corrected chi connectivity index (χ1v) is 7.59. The van der Waals surface area contributed by atoms with E-state index in [1.165, 1.54) is 6.07 Å². The highest BCUT2D eigenvalue weighted by molar-refractivity contribution is 6.09. The summed E-state index contributed by atoms with van der Waals surface area (Å²) in [6.07, 6.45) is 0. The van der Waals surface area contributed by atoms with Crippen molar-refractivity contribution >= 4 is 28.3 Å². The number of nitriles is 1.